The minimum atomic E-state index is -1.37. The van der Waals surface area contributed by atoms with E-state index >= 15 is 0 Å². The van der Waals surface area contributed by atoms with Crippen LogP contribution in [0.2, 0.25) is 0 Å². The Morgan fingerprint density at radius 1 is 1.13 bits per heavy atom. The Bertz CT molecular complexity index is 1230. The number of amides is 2. The lowest BCUT2D eigenvalue weighted by Gasteiger charge is -2.39. The van der Waals surface area contributed by atoms with Crippen LogP contribution in [0.1, 0.15) is 40.4 Å². The van der Waals surface area contributed by atoms with Crippen LogP contribution in [0, 0.1) is 5.82 Å². The van der Waals surface area contributed by atoms with Crippen molar-refractivity contribution >= 4 is 23.8 Å². The Morgan fingerprint density at radius 2 is 1.92 bits per heavy atom. The molecular formula is C25H27FN4O8. The number of imide groups is 1. The normalized spacial score (nSPS) is 20.8. The monoisotopic (exact) mass is 530 g/mol. The summed E-state index contributed by atoms with van der Waals surface area (Å²) in [5.41, 5.74) is 3.55. The van der Waals surface area contributed by atoms with Crippen molar-refractivity contribution in [3.05, 3.63) is 65.0 Å². The average molecular weight is 531 g/mol. The fourth-order valence-electron chi connectivity index (χ4n) is 4.38. The number of aliphatic carboxylic acids is 1. The van der Waals surface area contributed by atoms with E-state index in [4.69, 9.17) is 9.47 Å². The topological polar surface area (TPSA) is 158 Å². The van der Waals surface area contributed by atoms with Gasteiger partial charge in [0.1, 0.15) is 18.7 Å². The largest absolute Gasteiger partial charge is 0.488 e. The maximum atomic E-state index is 14.3. The van der Waals surface area contributed by atoms with Crippen LogP contribution in [0.3, 0.4) is 0 Å². The first-order valence-electron chi connectivity index (χ1n) is 11.9. The van der Waals surface area contributed by atoms with Crippen molar-refractivity contribution in [1.29, 1.82) is 0 Å². The maximum absolute atomic E-state index is 14.3. The van der Waals surface area contributed by atoms with Crippen molar-refractivity contribution in [1.82, 2.24) is 20.9 Å². The zero-order valence-electron chi connectivity index (χ0n) is 20.3. The highest BCUT2D eigenvalue weighted by Crippen LogP contribution is 2.28. The number of hydrogen-bond acceptors (Lipinski definition) is 9. The number of carbonyl (C=O) groups excluding carboxylic acids is 2. The summed E-state index contributed by atoms with van der Waals surface area (Å²) in [4.78, 5) is 48.9. The summed E-state index contributed by atoms with van der Waals surface area (Å²) in [5.74, 6) is -4.29. The first kappa shape index (κ1) is 27.1. The predicted molar refractivity (Wildman–Crippen MR) is 128 cm³/mol. The van der Waals surface area contributed by atoms with Crippen molar-refractivity contribution in [2.45, 2.75) is 31.5 Å². The van der Waals surface area contributed by atoms with Gasteiger partial charge in [0, 0.05) is 19.5 Å². The number of piperidine rings is 1. The van der Waals surface area contributed by atoms with Gasteiger partial charge < -0.3 is 19.7 Å². The van der Waals surface area contributed by atoms with Crippen LogP contribution >= 0.6 is 0 Å². The minimum Gasteiger partial charge on any atom is -0.488 e. The number of benzene rings is 2. The van der Waals surface area contributed by atoms with E-state index < -0.39 is 41.7 Å². The van der Waals surface area contributed by atoms with Crippen molar-refractivity contribution in [3.8, 4) is 5.75 Å². The highest BCUT2D eigenvalue weighted by molar-refractivity contribution is 6.00. The quantitative estimate of drug-likeness (QED) is 0.300. The van der Waals surface area contributed by atoms with E-state index in [1.54, 1.807) is 18.2 Å². The third-order valence-electron chi connectivity index (χ3n) is 6.21. The number of carbonyl (C=O) groups is 4. The molecule has 0 saturated carbocycles. The molecule has 0 aromatic heterocycles. The van der Waals surface area contributed by atoms with Gasteiger partial charge in [-0.15, -0.1) is 0 Å². The number of nitrogens with zero attached hydrogens (tertiary/aromatic N) is 2. The van der Waals surface area contributed by atoms with Crippen LogP contribution < -0.4 is 15.6 Å². The number of aromatic carboxylic acids is 1. The Labute approximate surface area is 216 Å². The van der Waals surface area contributed by atoms with Crippen LogP contribution in [0.5, 0.6) is 5.75 Å². The van der Waals surface area contributed by atoms with Gasteiger partial charge in [0.25, 0.3) is 0 Å². The molecule has 2 amide bonds. The molecule has 0 spiro atoms. The van der Waals surface area contributed by atoms with Crippen molar-refractivity contribution < 1.29 is 43.3 Å². The molecule has 2 aromatic carbocycles. The van der Waals surface area contributed by atoms with Gasteiger partial charge in [-0.25, -0.2) is 19.2 Å². The number of carboxylic acid groups (broad SMARTS) is 2. The number of rotatable bonds is 7. The first-order valence-corrected chi connectivity index (χ1v) is 11.9. The Balaban J connectivity index is 1.72. The van der Waals surface area contributed by atoms with Gasteiger partial charge in [-0.3, -0.25) is 19.7 Å². The van der Waals surface area contributed by atoms with E-state index in [-0.39, 0.29) is 62.6 Å². The number of fused-ring (bicyclic) bond motifs is 2. The summed E-state index contributed by atoms with van der Waals surface area (Å²) in [6, 6.07) is 7.63. The highest BCUT2D eigenvalue weighted by Gasteiger charge is 2.36. The molecule has 12 nitrogen and oxygen atoms in total. The predicted octanol–water partition coefficient (Wildman–Crippen LogP) is 1.09. The zero-order chi connectivity index (χ0) is 27.2. The second-order valence-electron chi connectivity index (χ2n) is 8.74. The van der Waals surface area contributed by atoms with Crippen molar-refractivity contribution in [2.75, 3.05) is 26.4 Å². The molecule has 0 radical (unpaired) electrons. The van der Waals surface area contributed by atoms with E-state index in [2.05, 4.69) is 10.9 Å². The number of nitrogens with one attached hydrogen (secondary N) is 2. The van der Waals surface area contributed by atoms with E-state index in [9.17, 15) is 33.8 Å². The van der Waals surface area contributed by atoms with Crippen molar-refractivity contribution in [2.24, 2.45) is 0 Å². The van der Waals surface area contributed by atoms with E-state index in [0.29, 0.717) is 5.56 Å². The third kappa shape index (κ3) is 6.31. The van der Waals surface area contributed by atoms with Crippen molar-refractivity contribution in [3.63, 3.8) is 0 Å². The van der Waals surface area contributed by atoms with Gasteiger partial charge in [-0.1, -0.05) is 24.3 Å². The Morgan fingerprint density at radius 3 is 2.66 bits per heavy atom. The minimum absolute atomic E-state index is 0.00230. The summed E-state index contributed by atoms with van der Waals surface area (Å²) in [6.07, 6.45) is 0.156. The van der Waals surface area contributed by atoms with Crippen LogP contribution in [-0.2, 0) is 25.7 Å². The van der Waals surface area contributed by atoms with Gasteiger partial charge in [-0.2, -0.15) is 5.53 Å². The summed E-state index contributed by atoms with van der Waals surface area (Å²) in [5, 5.41) is 24.8. The number of ether oxygens (including phenoxy) is 2. The molecular weight excluding hydrogens is 503 g/mol. The summed E-state index contributed by atoms with van der Waals surface area (Å²) >= 11 is 0. The molecule has 1 saturated heterocycles. The number of halogens is 1. The van der Waals surface area contributed by atoms with Gasteiger partial charge >= 0.3 is 11.9 Å². The molecule has 2 unspecified atom stereocenters. The van der Waals surface area contributed by atoms with Crippen LogP contribution in [0.15, 0.2) is 42.5 Å². The number of carboxylic acids is 2. The fourth-order valence-corrected chi connectivity index (χ4v) is 4.38. The molecule has 2 aliphatic rings. The maximum Gasteiger partial charge on any atom is 0.336 e. The fraction of sp³-hybridized carbons (Fsp3) is 0.360. The van der Waals surface area contributed by atoms with Gasteiger partial charge in [0.15, 0.2) is 11.6 Å². The molecule has 202 valence electrons. The second-order valence-corrected chi connectivity index (χ2v) is 8.74. The molecule has 2 aromatic rings. The molecule has 2 aliphatic heterocycles. The van der Waals surface area contributed by atoms with Crippen LogP contribution in [-0.4, -0.2) is 76.4 Å². The van der Waals surface area contributed by atoms with Crippen LogP contribution in [0.4, 0.5) is 4.39 Å². The Hall–Kier alpha value is -3.91. The lowest BCUT2D eigenvalue weighted by molar-refractivity contribution is -0.153. The van der Waals surface area contributed by atoms with E-state index in [1.807, 2.05) is 0 Å². The molecule has 2 heterocycles. The highest BCUT2D eigenvalue weighted by atomic mass is 19.1. The van der Waals surface area contributed by atoms with Gasteiger partial charge in [0.2, 0.25) is 11.8 Å². The van der Waals surface area contributed by atoms with Gasteiger partial charge in [0.05, 0.1) is 18.8 Å². The molecule has 2 atom stereocenters. The first-order chi connectivity index (χ1) is 18.2. The zero-order valence-corrected chi connectivity index (χ0v) is 20.3. The summed E-state index contributed by atoms with van der Waals surface area (Å²) in [6.45, 7) is 0.149. The van der Waals surface area contributed by atoms with E-state index in [0.717, 1.165) is 6.07 Å². The average Bonchev–Trinajstić information content (AvgIpc) is 2.90. The standard InChI is InChI=1S/C25H27FN4O8/c26-18-6-5-15-13-20(18)38-12-11-37-10-9-29(22(15)25(35)36)28-30(19-7-8-21(31)27-23(19)32)14-16-3-1-2-4-17(16)24(33)34/h1-6,13,19,22,28H,7-12,14H2,(H,33,34)(H,35,36)(H,27,31,32). The SMILES string of the molecule is O=C1CCC(N(Cc2ccccc2C(=O)O)NN2CCOCCOc3cc(ccc3F)C2C(=O)O)C(=O)N1. The summed E-state index contributed by atoms with van der Waals surface area (Å²) in [7, 11) is 0. The molecule has 38 heavy (non-hydrogen) atoms. The molecule has 4 N–H and O–H groups in total. The van der Waals surface area contributed by atoms with E-state index in [1.165, 1.54) is 28.2 Å². The lowest BCUT2D eigenvalue weighted by Crippen LogP contribution is -2.61. The molecule has 1 fully saturated rings. The Kier molecular flexibility index (Phi) is 8.63. The third-order valence-corrected chi connectivity index (χ3v) is 6.21. The molecule has 2 bridgehead atoms. The lowest BCUT2D eigenvalue weighted by atomic mass is 10.0. The number of hydrogen-bond donors (Lipinski definition) is 4. The smallest absolute Gasteiger partial charge is 0.336 e. The molecule has 0 aliphatic carbocycles. The number of hydrazine groups is 2. The molecule has 4 rings (SSSR count). The second kappa shape index (κ2) is 12.1. The van der Waals surface area contributed by atoms with Gasteiger partial charge in [-0.05, 0) is 35.7 Å². The van der Waals surface area contributed by atoms with Crippen LogP contribution in [0.25, 0.3) is 0 Å². The molecule has 13 heteroatoms. The summed E-state index contributed by atoms with van der Waals surface area (Å²) < 4.78 is 25.2.